The van der Waals surface area contributed by atoms with Crippen molar-refractivity contribution in [1.82, 2.24) is 4.31 Å². The minimum Gasteiger partial charge on any atom is -0.388 e. The molecule has 1 heterocycles. The van der Waals surface area contributed by atoms with E-state index in [0.29, 0.717) is 10.7 Å². The zero-order valence-electron chi connectivity index (χ0n) is 16.2. The second-order valence-electron chi connectivity index (χ2n) is 7.91. The Bertz CT molecular complexity index is 585. The van der Waals surface area contributed by atoms with Crippen LogP contribution in [0.2, 0.25) is 0 Å². The van der Waals surface area contributed by atoms with Crippen molar-refractivity contribution in [3.8, 4) is 0 Å². The number of nitrogens with zero attached hydrogens (tertiary/aromatic N) is 1. The number of alkyl halides is 1. The summed E-state index contributed by atoms with van der Waals surface area (Å²) in [4.78, 5) is 12.6. The lowest BCUT2D eigenvalue weighted by molar-refractivity contribution is -0.139. The summed E-state index contributed by atoms with van der Waals surface area (Å²) in [5, 5.41) is 10.2. The molecular weight excluding hydrogens is 361 g/mol. The van der Waals surface area contributed by atoms with Crippen molar-refractivity contribution in [1.29, 1.82) is 0 Å². The van der Waals surface area contributed by atoms with Crippen molar-refractivity contribution >= 4 is 16.2 Å². The van der Waals surface area contributed by atoms with Gasteiger partial charge in [0.05, 0.1) is 19.3 Å². The van der Waals surface area contributed by atoms with Crippen LogP contribution in [0.5, 0.6) is 0 Å². The van der Waals surface area contributed by atoms with E-state index in [-0.39, 0.29) is 19.2 Å². The first-order valence-corrected chi connectivity index (χ1v) is 10.5. The lowest BCUT2D eigenvalue weighted by atomic mass is 9.94. The molecule has 1 fully saturated rings. The van der Waals surface area contributed by atoms with Gasteiger partial charge in [0.25, 0.3) is 0 Å². The fourth-order valence-corrected chi connectivity index (χ4v) is 4.12. The molecule has 0 aromatic heterocycles. The standard InChI is InChI=1S/C18H32FNO5S/c1-14(9-7-5-6-8-12-19)10-11-15-16(21)13-25-26(23,24)20(15)17(22)18(2,3)4/h10-11,14-16,21H,5-9,12-13H2,1-4H3/b11-10+. The zero-order chi connectivity index (χ0) is 20.0. The van der Waals surface area contributed by atoms with Gasteiger partial charge in [0, 0.05) is 5.41 Å². The van der Waals surface area contributed by atoms with Gasteiger partial charge in [0.15, 0.2) is 0 Å². The predicted molar refractivity (Wildman–Crippen MR) is 98.3 cm³/mol. The van der Waals surface area contributed by atoms with Crippen LogP contribution in [-0.2, 0) is 19.3 Å². The first-order valence-electron chi connectivity index (χ1n) is 9.16. The first-order chi connectivity index (χ1) is 12.0. The molecule has 0 aromatic carbocycles. The summed E-state index contributed by atoms with van der Waals surface area (Å²) in [6, 6.07) is -0.977. The molecule has 1 amide bonds. The quantitative estimate of drug-likeness (QED) is 0.506. The van der Waals surface area contributed by atoms with Crippen molar-refractivity contribution in [2.75, 3.05) is 13.3 Å². The minimum absolute atomic E-state index is 0.157. The number of aliphatic hydroxyl groups is 1. The third-order valence-electron chi connectivity index (χ3n) is 4.32. The van der Waals surface area contributed by atoms with Gasteiger partial charge >= 0.3 is 10.3 Å². The van der Waals surface area contributed by atoms with E-state index in [1.54, 1.807) is 26.8 Å². The molecule has 0 saturated carbocycles. The molecule has 26 heavy (non-hydrogen) atoms. The minimum atomic E-state index is -4.23. The van der Waals surface area contributed by atoms with Crippen LogP contribution >= 0.6 is 0 Å². The number of halogens is 1. The molecule has 6 nitrogen and oxygen atoms in total. The normalized spacial score (nSPS) is 24.8. The Morgan fingerprint density at radius 3 is 2.50 bits per heavy atom. The summed E-state index contributed by atoms with van der Waals surface area (Å²) in [5.41, 5.74) is -0.929. The van der Waals surface area contributed by atoms with E-state index in [9.17, 15) is 22.7 Å². The number of hydrogen-bond donors (Lipinski definition) is 1. The van der Waals surface area contributed by atoms with Crippen molar-refractivity contribution in [3.63, 3.8) is 0 Å². The molecule has 3 atom stereocenters. The highest BCUT2D eigenvalue weighted by molar-refractivity contribution is 7.85. The summed E-state index contributed by atoms with van der Waals surface area (Å²) in [6.07, 6.45) is 6.52. The Morgan fingerprint density at radius 1 is 1.31 bits per heavy atom. The second kappa shape index (κ2) is 9.80. The highest BCUT2D eigenvalue weighted by atomic mass is 32.2. The summed E-state index contributed by atoms with van der Waals surface area (Å²) in [7, 11) is -4.23. The van der Waals surface area contributed by atoms with Crippen LogP contribution < -0.4 is 0 Å². The third kappa shape index (κ3) is 6.63. The van der Waals surface area contributed by atoms with Crippen LogP contribution in [0, 0.1) is 11.3 Å². The van der Waals surface area contributed by atoms with E-state index in [0.717, 1.165) is 25.7 Å². The molecule has 0 aromatic rings. The number of carbonyl (C=O) groups is 1. The number of unbranched alkanes of at least 4 members (excludes halogenated alkanes) is 3. The fourth-order valence-electron chi connectivity index (χ4n) is 2.70. The van der Waals surface area contributed by atoms with E-state index < -0.39 is 33.8 Å². The second-order valence-corrected chi connectivity index (χ2v) is 9.39. The molecule has 1 aliphatic rings. The van der Waals surface area contributed by atoms with Gasteiger partial charge in [0.1, 0.15) is 6.10 Å². The van der Waals surface area contributed by atoms with Crippen LogP contribution in [0.15, 0.2) is 12.2 Å². The van der Waals surface area contributed by atoms with Gasteiger partial charge in [-0.3, -0.25) is 13.4 Å². The smallest absolute Gasteiger partial charge is 0.365 e. The summed E-state index contributed by atoms with van der Waals surface area (Å²) < 4.78 is 41.9. The maximum atomic E-state index is 12.6. The van der Waals surface area contributed by atoms with Crippen LogP contribution in [0.4, 0.5) is 4.39 Å². The van der Waals surface area contributed by atoms with E-state index in [1.807, 2.05) is 13.0 Å². The topological polar surface area (TPSA) is 83.9 Å². The van der Waals surface area contributed by atoms with Crippen LogP contribution in [0.1, 0.15) is 59.8 Å². The lowest BCUT2D eigenvalue weighted by Crippen LogP contribution is -2.58. The monoisotopic (exact) mass is 393 g/mol. The SMILES string of the molecule is CC(/C=C/C1C(O)COS(=O)(=O)N1C(=O)C(C)(C)C)CCCCCCF. The molecule has 0 spiro atoms. The van der Waals surface area contributed by atoms with E-state index in [2.05, 4.69) is 0 Å². The van der Waals surface area contributed by atoms with E-state index in [4.69, 9.17) is 4.18 Å². The van der Waals surface area contributed by atoms with E-state index >= 15 is 0 Å². The summed E-state index contributed by atoms with van der Waals surface area (Å²) in [6.45, 7) is 6.18. The van der Waals surface area contributed by atoms with Crippen molar-refractivity contribution in [2.45, 2.75) is 71.9 Å². The Labute approximate surface area is 156 Å². The maximum absolute atomic E-state index is 12.6. The van der Waals surface area contributed by atoms with Crippen molar-refractivity contribution < 1.29 is 26.9 Å². The largest absolute Gasteiger partial charge is 0.388 e. The number of allylic oxidation sites excluding steroid dienone is 1. The Hall–Kier alpha value is -0.990. The van der Waals surface area contributed by atoms with Gasteiger partial charge in [0.2, 0.25) is 5.91 Å². The molecule has 3 unspecified atom stereocenters. The maximum Gasteiger partial charge on any atom is 0.365 e. The highest BCUT2D eigenvalue weighted by Gasteiger charge is 2.46. The molecular formula is C18H32FNO5S. The average Bonchev–Trinajstić information content (AvgIpc) is 2.53. The van der Waals surface area contributed by atoms with Gasteiger partial charge in [-0.1, -0.05) is 59.1 Å². The van der Waals surface area contributed by atoms with Gasteiger partial charge in [-0.25, -0.2) is 4.31 Å². The molecule has 1 N–H and O–H groups in total. The number of hydrogen-bond acceptors (Lipinski definition) is 5. The van der Waals surface area contributed by atoms with Crippen LogP contribution in [0.25, 0.3) is 0 Å². The lowest BCUT2D eigenvalue weighted by Gasteiger charge is -2.38. The van der Waals surface area contributed by atoms with Gasteiger partial charge in [-0.15, -0.1) is 0 Å². The Morgan fingerprint density at radius 2 is 1.92 bits per heavy atom. The van der Waals surface area contributed by atoms with Crippen LogP contribution in [0.3, 0.4) is 0 Å². The highest BCUT2D eigenvalue weighted by Crippen LogP contribution is 2.28. The van der Waals surface area contributed by atoms with Gasteiger partial charge in [-0.05, 0) is 18.8 Å². The number of carbonyl (C=O) groups excluding carboxylic acids is 1. The first kappa shape index (κ1) is 23.0. The third-order valence-corrected chi connectivity index (χ3v) is 5.64. The number of rotatable bonds is 8. The average molecular weight is 394 g/mol. The Kier molecular flexibility index (Phi) is 8.69. The molecule has 152 valence electrons. The molecule has 0 radical (unpaired) electrons. The molecule has 8 heteroatoms. The summed E-state index contributed by atoms with van der Waals surface area (Å²) >= 11 is 0. The Balaban J connectivity index is 2.83. The molecule has 1 aliphatic heterocycles. The molecule has 0 bridgehead atoms. The van der Waals surface area contributed by atoms with Crippen molar-refractivity contribution in [2.24, 2.45) is 11.3 Å². The fraction of sp³-hybridized carbons (Fsp3) is 0.833. The predicted octanol–water partition coefficient (Wildman–Crippen LogP) is 2.98. The van der Waals surface area contributed by atoms with E-state index in [1.165, 1.54) is 0 Å². The van der Waals surface area contributed by atoms with Crippen molar-refractivity contribution in [3.05, 3.63) is 12.2 Å². The summed E-state index contributed by atoms with van der Waals surface area (Å²) in [5.74, 6) is -0.463. The van der Waals surface area contributed by atoms with Gasteiger partial charge in [-0.2, -0.15) is 8.42 Å². The van der Waals surface area contributed by atoms with Crippen LogP contribution in [-0.4, -0.2) is 49.2 Å². The molecule has 1 saturated heterocycles. The zero-order valence-corrected chi connectivity index (χ0v) is 17.0. The number of amides is 1. The molecule has 0 aliphatic carbocycles. The number of aliphatic hydroxyl groups excluding tert-OH is 1. The van der Waals surface area contributed by atoms with Gasteiger partial charge < -0.3 is 5.11 Å². The molecule has 1 rings (SSSR count).